The molecule has 0 unspecified atom stereocenters. The molecule has 47 heavy (non-hydrogen) atoms. The van der Waals surface area contributed by atoms with Crippen molar-refractivity contribution in [1.29, 1.82) is 0 Å². The Morgan fingerprint density at radius 2 is 1.70 bits per heavy atom. The second-order valence-corrected chi connectivity index (χ2v) is 11.8. The summed E-state index contributed by atoms with van der Waals surface area (Å²) in [7, 11) is 1.68. The van der Waals surface area contributed by atoms with E-state index in [0.717, 1.165) is 10.8 Å². The summed E-state index contributed by atoms with van der Waals surface area (Å²) in [6.07, 6.45) is -0.585. The molecule has 0 bridgehead atoms. The first kappa shape index (κ1) is 31.5. The van der Waals surface area contributed by atoms with Crippen molar-refractivity contribution in [1.82, 2.24) is 9.80 Å². The van der Waals surface area contributed by atoms with E-state index in [1.807, 2.05) is 49.4 Å². The van der Waals surface area contributed by atoms with Gasteiger partial charge in [-0.1, -0.05) is 49.4 Å². The Labute approximate surface area is 272 Å². The molecule has 3 atom stereocenters. The Hall–Kier alpha value is -5.49. The second kappa shape index (κ2) is 13.5. The predicted molar refractivity (Wildman–Crippen MR) is 178 cm³/mol. The van der Waals surface area contributed by atoms with Crippen LogP contribution >= 0.6 is 0 Å². The van der Waals surface area contributed by atoms with Crippen molar-refractivity contribution in [3.63, 3.8) is 0 Å². The van der Waals surface area contributed by atoms with Crippen molar-refractivity contribution < 1.29 is 33.7 Å². The van der Waals surface area contributed by atoms with E-state index in [0.29, 0.717) is 22.9 Å². The molecule has 4 N–H and O–H groups in total. The van der Waals surface area contributed by atoms with Crippen LogP contribution in [0.4, 0.5) is 26.7 Å². The first-order valence-corrected chi connectivity index (χ1v) is 15.4. The minimum Gasteiger partial charge on any atom is -0.485 e. The lowest BCUT2D eigenvalue weighted by atomic mass is 9.99. The highest BCUT2D eigenvalue weighted by Crippen LogP contribution is 2.36. The average Bonchev–Trinajstić information content (AvgIpc) is 3.54. The topological polar surface area (TPSA) is 142 Å². The Kier molecular flexibility index (Phi) is 9.03. The number of hydrogen-bond donors (Lipinski definition) is 4. The maximum Gasteiger partial charge on any atom is 0.323 e. The van der Waals surface area contributed by atoms with Gasteiger partial charge in [0.25, 0.3) is 5.91 Å². The molecule has 2 aliphatic rings. The SMILES string of the molecule is C[C@@H]1CN([C@H](C)CO)C(=O)c2cccc(NC(=O)Nc3ccc4c(c3)OCO4)c2O[C@@H]1CN(C)C(=O)Nc1cccc2ccccc12. The maximum absolute atomic E-state index is 13.8. The molecule has 4 aromatic rings. The number of para-hydroxylation sites is 1. The smallest absolute Gasteiger partial charge is 0.323 e. The summed E-state index contributed by atoms with van der Waals surface area (Å²) in [4.78, 5) is 43.6. The molecule has 12 nitrogen and oxygen atoms in total. The van der Waals surface area contributed by atoms with Gasteiger partial charge in [-0.2, -0.15) is 0 Å². The van der Waals surface area contributed by atoms with Crippen LogP contribution in [0.3, 0.4) is 0 Å². The molecule has 0 aliphatic carbocycles. The van der Waals surface area contributed by atoms with Gasteiger partial charge in [-0.3, -0.25) is 4.79 Å². The number of carbonyl (C=O) groups is 3. The van der Waals surface area contributed by atoms with Crippen LogP contribution in [0.1, 0.15) is 24.2 Å². The monoisotopic (exact) mass is 639 g/mol. The van der Waals surface area contributed by atoms with Crippen LogP contribution in [0.2, 0.25) is 0 Å². The van der Waals surface area contributed by atoms with Crippen LogP contribution in [0.25, 0.3) is 10.8 Å². The molecule has 6 rings (SSSR count). The summed E-state index contributed by atoms with van der Waals surface area (Å²) in [6, 6.07) is 22.1. The van der Waals surface area contributed by atoms with Crippen LogP contribution in [-0.4, -0.2) is 78.6 Å². The first-order valence-electron chi connectivity index (χ1n) is 15.4. The van der Waals surface area contributed by atoms with Gasteiger partial charge in [0.15, 0.2) is 17.2 Å². The third-order valence-electron chi connectivity index (χ3n) is 8.40. The lowest BCUT2D eigenvalue weighted by molar-refractivity contribution is 0.0373. The van der Waals surface area contributed by atoms with E-state index in [1.165, 1.54) is 4.90 Å². The number of aliphatic hydroxyl groups is 1. The fourth-order valence-corrected chi connectivity index (χ4v) is 5.72. The zero-order valence-electron chi connectivity index (χ0n) is 26.4. The number of hydrogen-bond acceptors (Lipinski definition) is 7. The average molecular weight is 640 g/mol. The van der Waals surface area contributed by atoms with E-state index in [4.69, 9.17) is 14.2 Å². The molecule has 4 aromatic carbocycles. The number of rotatable bonds is 7. The number of likely N-dealkylation sites (N-methyl/N-ethyl adjacent to an activating group) is 1. The van der Waals surface area contributed by atoms with Gasteiger partial charge >= 0.3 is 12.1 Å². The van der Waals surface area contributed by atoms with Crippen molar-refractivity contribution in [2.24, 2.45) is 5.92 Å². The highest BCUT2D eigenvalue weighted by Gasteiger charge is 2.35. The molecule has 244 valence electrons. The van der Waals surface area contributed by atoms with E-state index < -0.39 is 18.2 Å². The standard InChI is InChI=1S/C35H37N5O7/c1-21-17-40(22(2)19-41)33(42)26-11-7-13-28(37-34(43)36-24-14-15-29-30(16-24)46-20-45-29)32(26)47-31(21)18-39(3)35(44)38-27-12-6-9-23-8-4-5-10-25(23)27/h4-16,21-22,31,41H,17-20H2,1-3H3,(H,38,44)(H2,36,37,43)/t21-,22-,31-/m1/s1. The summed E-state index contributed by atoms with van der Waals surface area (Å²) in [5, 5.41) is 20.5. The lowest BCUT2D eigenvalue weighted by Crippen LogP contribution is -2.50. The van der Waals surface area contributed by atoms with E-state index >= 15 is 0 Å². The molecular formula is C35H37N5O7. The summed E-state index contributed by atoms with van der Waals surface area (Å²) >= 11 is 0. The molecular weight excluding hydrogens is 602 g/mol. The zero-order valence-corrected chi connectivity index (χ0v) is 26.4. The van der Waals surface area contributed by atoms with E-state index in [9.17, 15) is 19.5 Å². The molecule has 0 fully saturated rings. The highest BCUT2D eigenvalue weighted by molar-refractivity contribution is 6.05. The van der Waals surface area contributed by atoms with Gasteiger partial charge in [0, 0.05) is 36.7 Å². The zero-order chi connectivity index (χ0) is 33.1. The second-order valence-electron chi connectivity index (χ2n) is 11.8. The molecule has 0 saturated carbocycles. The molecule has 0 spiro atoms. The van der Waals surface area contributed by atoms with Gasteiger partial charge in [0.05, 0.1) is 36.1 Å². The predicted octanol–water partition coefficient (Wildman–Crippen LogP) is 5.60. The van der Waals surface area contributed by atoms with Crippen molar-refractivity contribution in [2.75, 3.05) is 49.5 Å². The number of anilines is 3. The van der Waals surface area contributed by atoms with Gasteiger partial charge in [-0.15, -0.1) is 0 Å². The van der Waals surface area contributed by atoms with Crippen molar-refractivity contribution >= 4 is 45.8 Å². The number of fused-ring (bicyclic) bond motifs is 3. The van der Waals surface area contributed by atoms with Crippen LogP contribution in [0, 0.1) is 5.92 Å². The van der Waals surface area contributed by atoms with Crippen LogP contribution in [0.5, 0.6) is 17.2 Å². The summed E-state index contributed by atoms with van der Waals surface area (Å²) in [5.74, 6) is 0.682. The van der Waals surface area contributed by atoms with Gasteiger partial charge in [-0.25, -0.2) is 9.59 Å². The van der Waals surface area contributed by atoms with Gasteiger partial charge in [-0.05, 0) is 42.6 Å². The molecule has 2 heterocycles. The van der Waals surface area contributed by atoms with Crippen LogP contribution in [0.15, 0.2) is 78.9 Å². The number of nitrogens with one attached hydrogen (secondary N) is 3. The Morgan fingerprint density at radius 1 is 0.957 bits per heavy atom. The number of ether oxygens (including phenoxy) is 3. The van der Waals surface area contributed by atoms with E-state index in [2.05, 4.69) is 16.0 Å². The normalized spacial score (nSPS) is 17.5. The van der Waals surface area contributed by atoms with Crippen molar-refractivity contribution in [3.8, 4) is 17.2 Å². The number of amides is 5. The number of urea groups is 2. The summed E-state index contributed by atoms with van der Waals surface area (Å²) in [5.41, 5.74) is 1.67. The summed E-state index contributed by atoms with van der Waals surface area (Å²) < 4.78 is 17.3. The van der Waals surface area contributed by atoms with Gasteiger partial charge in [0.2, 0.25) is 6.79 Å². The molecule has 2 aliphatic heterocycles. The van der Waals surface area contributed by atoms with E-state index in [1.54, 1.807) is 55.3 Å². The molecule has 12 heteroatoms. The fourth-order valence-electron chi connectivity index (χ4n) is 5.72. The van der Waals surface area contributed by atoms with Crippen LogP contribution in [-0.2, 0) is 0 Å². The Balaban J connectivity index is 1.25. The van der Waals surface area contributed by atoms with Crippen molar-refractivity contribution in [3.05, 3.63) is 84.4 Å². The number of carbonyl (C=O) groups excluding carboxylic acids is 3. The number of nitrogens with zero attached hydrogens (tertiary/aromatic N) is 2. The number of aliphatic hydroxyl groups excluding tert-OH is 1. The summed E-state index contributed by atoms with van der Waals surface area (Å²) in [6.45, 7) is 4.03. The molecule has 0 radical (unpaired) electrons. The molecule has 0 saturated heterocycles. The Morgan fingerprint density at radius 3 is 2.53 bits per heavy atom. The Bertz CT molecular complexity index is 1810. The minimum atomic E-state index is -0.585. The fraction of sp³-hybridized carbons (Fsp3) is 0.286. The third-order valence-corrected chi connectivity index (χ3v) is 8.40. The van der Waals surface area contributed by atoms with Gasteiger partial charge in [0.1, 0.15) is 6.10 Å². The first-order chi connectivity index (χ1) is 22.7. The highest BCUT2D eigenvalue weighted by atomic mass is 16.7. The van der Waals surface area contributed by atoms with Crippen molar-refractivity contribution in [2.45, 2.75) is 26.0 Å². The quantitative estimate of drug-likeness (QED) is 0.206. The minimum absolute atomic E-state index is 0.109. The lowest BCUT2D eigenvalue weighted by Gasteiger charge is -2.38. The third kappa shape index (κ3) is 6.73. The molecule has 5 amide bonds. The maximum atomic E-state index is 13.8. The largest absolute Gasteiger partial charge is 0.485 e. The molecule has 0 aromatic heterocycles. The van der Waals surface area contributed by atoms with Gasteiger partial charge < -0.3 is 45.1 Å². The van der Waals surface area contributed by atoms with Crippen LogP contribution < -0.4 is 30.2 Å². The van der Waals surface area contributed by atoms with E-state index in [-0.39, 0.29) is 61.3 Å². The number of benzene rings is 4.